The predicted octanol–water partition coefficient (Wildman–Crippen LogP) is 2.73. The Labute approximate surface area is 153 Å². The Morgan fingerprint density at radius 3 is 2.92 bits per heavy atom. The maximum Gasteiger partial charge on any atom is 0.263 e. The van der Waals surface area contributed by atoms with E-state index in [1.54, 1.807) is 11.3 Å². The Morgan fingerprint density at radius 2 is 2.24 bits per heavy atom. The molecular weight excluding hydrogens is 356 g/mol. The Bertz CT molecular complexity index is 929. The number of thiophene rings is 1. The van der Waals surface area contributed by atoms with Crippen LogP contribution in [0.4, 0.5) is 0 Å². The van der Waals surface area contributed by atoms with Gasteiger partial charge in [-0.15, -0.1) is 22.7 Å². The molecule has 25 heavy (non-hydrogen) atoms. The van der Waals surface area contributed by atoms with Crippen LogP contribution in [0.25, 0.3) is 9.88 Å². The van der Waals surface area contributed by atoms with Crippen molar-refractivity contribution >= 4 is 28.6 Å². The van der Waals surface area contributed by atoms with Gasteiger partial charge in [-0.25, -0.2) is 9.97 Å². The second-order valence-electron chi connectivity index (χ2n) is 5.43. The highest BCUT2D eigenvalue weighted by molar-refractivity contribution is 7.22. The molecule has 3 rings (SSSR count). The highest BCUT2D eigenvalue weighted by Crippen LogP contribution is 2.30. The molecule has 0 fully saturated rings. The highest BCUT2D eigenvalue weighted by atomic mass is 32.1. The summed E-state index contributed by atoms with van der Waals surface area (Å²) in [6.07, 6.45) is 2.25. The van der Waals surface area contributed by atoms with Crippen LogP contribution >= 0.6 is 22.7 Å². The summed E-state index contributed by atoms with van der Waals surface area (Å²) in [5.74, 6) is -0.163. The molecule has 0 atom stereocenters. The van der Waals surface area contributed by atoms with Crippen LogP contribution in [0.1, 0.15) is 28.0 Å². The second kappa shape index (κ2) is 7.71. The third kappa shape index (κ3) is 4.02. The van der Waals surface area contributed by atoms with E-state index in [-0.39, 0.29) is 11.5 Å². The average Bonchev–Trinajstić information content (AvgIpc) is 3.25. The molecule has 0 spiro atoms. The molecule has 0 saturated carbocycles. The van der Waals surface area contributed by atoms with Gasteiger partial charge in [0.05, 0.1) is 16.9 Å². The monoisotopic (exact) mass is 374 g/mol. The summed E-state index contributed by atoms with van der Waals surface area (Å²) >= 11 is 2.99. The molecule has 0 unspecified atom stereocenters. The largest absolute Gasteiger partial charge is 0.349 e. The van der Waals surface area contributed by atoms with Crippen molar-refractivity contribution in [3.05, 3.63) is 56.5 Å². The van der Waals surface area contributed by atoms with Crippen LogP contribution in [-0.2, 0) is 13.0 Å². The molecule has 3 aromatic rings. The van der Waals surface area contributed by atoms with Gasteiger partial charge in [0, 0.05) is 24.8 Å². The maximum absolute atomic E-state index is 12.4. The van der Waals surface area contributed by atoms with Gasteiger partial charge in [-0.05, 0) is 24.8 Å². The fourth-order valence-corrected chi connectivity index (χ4v) is 4.09. The molecule has 0 aliphatic heterocycles. The SMILES string of the molecule is CCc1cc(=O)n(CCNC(=O)c2sc(-c3cccs3)nc2C)cn1. The zero-order valence-electron chi connectivity index (χ0n) is 14.0. The van der Waals surface area contributed by atoms with E-state index >= 15 is 0 Å². The van der Waals surface area contributed by atoms with Gasteiger partial charge >= 0.3 is 0 Å². The number of aryl methyl sites for hydroxylation is 2. The number of nitrogens with one attached hydrogen (secondary N) is 1. The number of amides is 1. The third-order valence-corrected chi connectivity index (χ3v) is 5.87. The normalized spacial score (nSPS) is 10.8. The minimum atomic E-state index is -0.163. The lowest BCUT2D eigenvalue weighted by Crippen LogP contribution is -2.30. The molecule has 130 valence electrons. The standard InChI is InChI=1S/C17H18N4O2S2/c1-3-12-9-14(22)21(10-19-12)7-6-18-16(23)15-11(2)20-17(25-15)13-5-4-8-24-13/h4-5,8-10H,3,6-7H2,1-2H3,(H,18,23). The van der Waals surface area contributed by atoms with Crippen molar-refractivity contribution < 1.29 is 4.79 Å². The fraction of sp³-hybridized carbons (Fsp3) is 0.294. The Morgan fingerprint density at radius 1 is 1.40 bits per heavy atom. The van der Waals surface area contributed by atoms with E-state index in [9.17, 15) is 9.59 Å². The summed E-state index contributed by atoms with van der Waals surface area (Å²) < 4.78 is 1.50. The van der Waals surface area contributed by atoms with Crippen LogP contribution in [-0.4, -0.2) is 27.0 Å². The molecule has 1 N–H and O–H groups in total. The summed E-state index contributed by atoms with van der Waals surface area (Å²) in [6, 6.07) is 5.48. The topological polar surface area (TPSA) is 76.9 Å². The lowest BCUT2D eigenvalue weighted by molar-refractivity contribution is 0.0955. The Hall–Kier alpha value is -2.32. The van der Waals surface area contributed by atoms with Crippen molar-refractivity contribution in [3.63, 3.8) is 0 Å². The number of carbonyl (C=O) groups is 1. The summed E-state index contributed by atoms with van der Waals surface area (Å²) in [5.41, 5.74) is 1.39. The fourth-order valence-electron chi connectivity index (χ4n) is 2.31. The zero-order valence-corrected chi connectivity index (χ0v) is 15.6. The number of thiazole rings is 1. The van der Waals surface area contributed by atoms with Crippen LogP contribution in [0.3, 0.4) is 0 Å². The molecule has 0 aliphatic rings. The van der Waals surface area contributed by atoms with Crippen molar-refractivity contribution in [1.82, 2.24) is 19.9 Å². The van der Waals surface area contributed by atoms with E-state index in [1.165, 1.54) is 28.3 Å². The van der Waals surface area contributed by atoms with Gasteiger partial charge in [0.15, 0.2) is 0 Å². The van der Waals surface area contributed by atoms with Gasteiger partial charge in [-0.1, -0.05) is 13.0 Å². The summed E-state index contributed by atoms with van der Waals surface area (Å²) in [4.78, 5) is 34.7. The second-order valence-corrected chi connectivity index (χ2v) is 7.38. The number of nitrogens with zero attached hydrogens (tertiary/aromatic N) is 3. The van der Waals surface area contributed by atoms with Gasteiger partial charge in [-0.2, -0.15) is 0 Å². The highest BCUT2D eigenvalue weighted by Gasteiger charge is 2.16. The minimum Gasteiger partial charge on any atom is -0.349 e. The minimum absolute atomic E-state index is 0.102. The summed E-state index contributed by atoms with van der Waals surface area (Å²) in [7, 11) is 0. The summed E-state index contributed by atoms with van der Waals surface area (Å²) in [5, 5.41) is 5.69. The third-order valence-electron chi connectivity index (χ3n) is 3.67. The van der Waals surface area contributed by atoms with E-state index in [1.807, 2.05) is 31.4 Å². The molecule has 3 aromatic heterocycles. The van der Waals surface area contributed by atoms with Gasteiger partial charge in [0.1, 0.15) is 9.88 Å². The van der Waals surface area contributed by atoms with E-state index < -0.39 is 0 Å². The molecular formula is C17H18N4O2S2. The summed E-state index contributed by atoms with van der Waals surface area (Å²) in [6.45, 7) is 4.53. The van der Waals surface area contributed by atoms with Crippen molar-refractivity contribution in [2.24, 2.45) is 0 Å². The first-order valence-electron chi connectivity index (χ1n) is 7.93. The van der Waals surface area contributed by atoms with Crippen LogP contribution in [0.15, 0.2) is 34.7 Å². The first-order valence-corrected chi connectivity index (χ1v) is 9.63. The van der Waals surface area contributed by atoms with Gasteiger partial charge in [0.25, 0.3) is 11.5 Å². The van der Waals surface area contributed by atoms with Gasteiger partial charge in [-0.3, -0.25) is 14.2 Å². The van der Waals surface area contributed by atoms with Crippen molar-refractivity contribution in [3.8, 4) is 9.88 Å². The lowest BCUT2D eigenvalue weighted by Gasteiger charge is -2.07. The molecule has 0 saturated heterocycles. The van der Waals surface area contributed by atoms with E-state index in [4.69, 9.17) is 0 Å². The van der Waals surface area contributed by atoms with Crippen LogP contribution in [0.2, 0.25) is 0 Å². The molecule has 0 aromatic carbocycles. The molecule has 8 heteroatoms. The quantitative estimate of drug-likeness (QED) is 0.720. The number of hydrogen-bond donors (Lipinski definition) is 1. The number of carbonyl (C=O) groups excluding carboxylic acids is 1. The Kier molecular flexibility index (Phi) is 5.40. The lowest BCUT2D eigenvalue weighted by atomic mass is 10.3. The first kappa shape index (κ1) is 17.5. The van der Waals surface area contributed by atoms with Crippen LogP contribution in [0.5, 0.6) is 0 Å². The number of rotatable bonds is 6. The van der Waals surface area contributed by atoms with Crippen LogP contribution < -0.4 is 10.9 Å². The first-order chi connectivity index (χ1) is 12.1. The number of hydrogen-bond acceptors (Lipinski definition) is 6. The van der Waals surface area contributed by atoms with Crippen molar-refractivity contribution in [2.45, 2.75) is 26.8 Å². The average molecular weight is 374 g/mol. The van der Waals surface area contributed by atoms with Crippen LogP contribution in [0, 0.1) is 6.92 Å². The van der Waals surface area contributed by atoms with Crippen molar-refractivity contribution in [2.75, 3.05) is 6.54 Å². The van der Waals surface area contributed by atoms with Crippen molar-refractivity contribution in [1.29, 1.82) is 0 Å². The molecule has 3 heterocycles. The molecule has 0 radical (unpaired) electrons. The smallest absolute Gasteiger partial charge is 0.263 e. The van der Waals surface area contributed by atoms with E-state index in [0.717, 1.165) is 27.7 Å². The molecule has 0 aliphatic carbocycles. The van der Waals surface area contributed by atoms with Gasteiger partial charge < -0.3 is 5.32 Å². The molecule has 6 nitrogen and oxygen atoms in total. The zero-order chi connectivity index (χ0) is 17.8. The maximum atomic E-state index is 12.4. The van der Waals surface area contributed by atoms with E-state index in [2.05, 4.69) is 15.3 Å². The number of aromatic nitrogens is 3. The molecule has 1 amide bonds. The van der Waals surface area contributed by atoms with Gasteiger partial charge in [0.2, 0.25) is 0 Å². The molecule has 0 bridgehead atoms. The Balaban J connectivity index is 1.62. The van der Waals surface area contributed by atoms with E-state index in [0.29, 0.717) is 18.0 Å². The predicted molar refractivity (Wildman–Crippen MR) is 100 cm³/mol.